The van der Waals surface area contributed by atoms with Crippen LogP contribution in [0.15, 0.2) is 0 Å². The molecule has 1 saturated carbocycles. The summed E-state index contributed by atoms with van der Waals surface area (Å²) in [4.78, 5) is 0. The molecule has 1 aliphatic carbocycles. The van der Waals surface area contributed by atoms with Crippen molar-refractivity contribution in [2.45, 2.75) is 72.3 Å². The molecule has 0 bridgehead atoms. The van der Waals surface area contributed by atoms with Gasteiger partial charge in [-0.2, -0.15) is 0 Å². The van der Waals surface area contributed by atoms with E-state index >= 15 is 0 Å². The third-order valence-corrected chi connectivity index (χ3v) is 4.77. The maximum absolute atomic E-state index is 9.94. The zero-order valence-electron chi connectivity index (χ0n) is 13.1. The van der Waals surface area contributed by atoms with E-state index in [9.17, 15) is 5.11 Å². The minimum Gasteiger partial charge on any atom is -0.389 e. The van der Waals surface area contributed by atoms with E-state index in [1.165, 1.54) is 25.7 Å². The Balaban J connectivity index is 2.20. The van der Waals surface area contributed by atoms with Crippen LogP contribution in [0.3, 0.4) is 0 Å². The van der Waals surface area contributed by atoms with Gasteiger partial charge in [0.25, 0.3) is 0 Å². The highest BCUT2D eigenvalue weighted by Crippen LogP contribution is 2.39. The molecule has 0 saturated heterocycles. The van der Waals surface area contributed by atoms with Gasteiger partial charge < -0.3 is 10.4 Å². The monoisotopic (exact) mass is 255 g/mol. The lowest BCUT2D eigenvalue weighted by Crippen LogP contribution is -2.40. The number of rotatable bonds is 5. The Bertz CT molecular complexity index is 234. The molecule has 1 fully saturated rings. The predicted molar refractivity (Wildman–Crippen MR) is 78.7 cm³/mol. The molecule has 2 N–H and O–H groups in total. The Morgan fingerprint density at radius 2 is 1.61 bits per heavy atom. The van der Waals surface area contributed by atoms with Crippen LogP contribution in [-0.2, 0) is 0 Å². The quantitative estimate of drug-likeness (QED) is 0.787. The summed E-state index contributed by atoms with van der Waals surface area (Å²) in [6, 6.07) is 0. The van der Waals surface area contributed by atoms with Crippen molar-refractivity contribution >= 4 is 0 Å². The average Bonchev–Trinajstić information content (AvgIpc) is 2.28. The van der Waals surface area contributed by atoms with Gasteiger partial charge in [0.15, 0.2) is 0 Å². The van der Waals surface area contributed by atoms with Gasteiger partial charge in [-0.15, -0.1) is 0 Å². The maximum Gasteiger partial charge on any atom is 0.0740 e. The lowest BCUT2D eigenvalue weighted by atomic mass is 9.70. The molecule has 0 aromatic heterocycles. The van der Waals surface area contributed by atoms with Crippen molar-refractivity contribution in [3.8, 4) is 0 Å². The first-order valence-corrected chi connectivity index (χ1v) is 7.67. The van der Waals surface area contributed by atoms with Crippen molar-refractivity contribution in [1.29, 1.82) is 0 Å². The second-order valence-electron chi connectivity index (χ2n) is 7.57. The van der Waals surface area contributed by atoms with Crippen LogP contribution in [-0.4, -0.2) is 23.8 Å². The van der Waals surface area contributed by atoms with Crippen LogP contribution in [0.1, 0.15) is 66.7 Å². The molecule has 0 aromatic rings. The highest BCUT2D eigenvalue weighted by Gasteiger charge is 2.29. The SMILES string of the molecule is CCC(C)(O)CNCC1CCC(C(C)(C)C)CC1. The molecule has 108 valence electrons. The van der Waals surface area contributed by atoms with Crippen LogP contribution in [0.5, 0.6) is 0 Å². The van der Waals surface area contributed by atoms with E-state index in [0.29, 0.717) is 5.41 Å². The van der Waals surface area contributed by atoms with E-state index in [0.717, 1.165) is 31.3 Å². The zero-order valence-corrected chi connectivity index (χ0v) is 13.1. The maximum atomic E-state index is 9.94. The molecular formula is C16H33NO. The fourth-order valence-electron chi connectivity index (χ4n) is 2.90. The van der Waals surface area contributed by atoms with Crippen LogP contribution < -0.4 is 5.32 Å². The van der Waals surface area contributed by atoms with Crippen molar-refractivity contribution in [3.05, 3.63) is 0 Å². The Morgan fingerprint density at radius 1 is 1.06 bits per heavy atom. The van der Waals surface area contributed by atoms with Crippen LogP contribution >= 0.6 is 0 Å². The van der Waals surface area contributed by atoms with Gasteiger partial charge in [0.1, 0.15) is 0 Å². The molecule has 0 spiro atoms. The number of hydrogen-bond acceptors (Lipinski definition) is 2. The Hall–Kier alpha value is -0.0800. The van der Waals surface area contributed by atoms with Crippen LogP contribution in [0.25, 0.3) is 0 Å². The standard InChI is InChI=1S/C16H33NO/c1-6-16(5,18)12-17-11-13-7-9-14(10-8-13)15(2,3)4/h13-14,17-18H,6-12H2,1-5H3. The van der Waals surface area contributed by atoms with Gasteiger partial charge in [-0.25, -0.2) is 0 Å². The molecule has 0 radical (unpaired) electrons. The van der Waals surface area contributed by atoms with E-state index in [-0.39, 0.29) is 0 Å². The molecule has 0 aliphatic heterocycles. The highest BCUT2D eigenvalue weighted by atomic mass is 16.3. The fraction of sp³-hybridized carbons (Fsp3) is 1.00. The summed E-state index contributed by atoms with van der Waals surface area (Å²) >= 11 is 0. The molecule has 1 rings (SSSR count). The van der Waals surface area contributed by atoms with Gasteiger partial charge >= 0.3 is 0 Å². The van der Waals surface area contributed by atoms with E-state index in [2.05, 4.69) is 26.1 Å². The molecule has 1 aliphatic rings. The first-order chi connectivity index (χ1) is 8.24. The first kappa shape index (κ1) is 16.0. The molecule has 0 amide bonds. The summed E-state index contributed by atoms with van der Waals surface area (Å²) in [5, 5.41) is 13.4. The van der Waals surface area contributed by atoms with Gasteiger partial charge in [-0.1, -0.05) is 27.7 Å². The van der Waals surface area contributed by atoms with Crippen LogP contribution in [0.4, 0.5) is 0 Å². The lowest BCUT2D eigenvalue weighted by Gasteiger charge is -2.37. The Labute approximate surface area is 114 Å². The summed E-state index contributed by atoms with van der Waals surface area (Å²) in [5.74, 6) is 1.71. The Morgan fingerprint density at radius 3 is 2.06 bits per heavy atom. The zero-order chi connectivity index (χ0) is 13.8. The lowest BCUT2D eigenvalue weighted by molar-refractivity contribution is 0.0535. The third kappa shape index (κ3) is 5.27. The van der Waals surface area contributed by atoms with E-state index in [1.54, 1.807) is 0 Å². The normalized spacial score (nSPS) is 29.0. The third-order valence-electron chi connectivity index (χ3n) is 4.77. The van der Waals surface area contributed by atoms with Crippen LogP contribution in [0.2, 0.25) is 0 Å². The van der Waals surface area contributed by atoms with Crippen molar-refractivity contribution in [2.24, 2.45) is 17.3 Å². The van der Waals surface area contributed by atoms with Crippen molar-refractivity contribution in [1.82, 2.24) is 5.32 Å². The van der Waals surface area contributed by atoms with Gasteiger partial charge in [0.2, 0.25) is 0 Å². The van der Waals surface area contributed by atoms with E-state index in [1.807, 2.05) is 13.8 Å². The minimum absolute atomic E-state index is 0.476. The molecule has 0 aromatic carbocycles. The van der Waals surface area contributed by atoms with Crippen molar-refractivity contribution < 1.29 is 5.11 Å². The molecule has 18 heavy (non-hydrogen) atoms. The predicted octanol–water partition coefficient (Wildman–Crippen LogP) is 3.59. The molecule has 1 unspecified atom stereocenters. The molecule has 1 atom stereocenters. The number of aliphatic hydroxyl groups is 1. The molecule has 2 nitrogen and oxygen atoms in total. The highest BCUT2D eigenvalue weighted by molar-refractivity contribution is 4.82. The second kappa shape index (κ2) is 6.38. The first-order valence-electron chi connectivity index (χ1n) is 7.67. The molecular weight excluding hydrogens is 222 g/mol. The molecule has 2 heteroatoms. The number of nitrogens with one attached hydrogen (secondary N) is 1. The summed E-state index contributed by atoms with van der Waals surface area (Å²) in [6.45, 7) is 12.9. The number of hydrogen-bond donors (Lipinski definition) is 2. The van der Waals surface area contributed by atoms with Gasteiger partial charge in [-0.05, 0) is 62.8 Å². The average molecular weight is 255 g/mol. The van der Waals surface area contributed by atoms with Crippen molar-refractivity contribution in [2.75, 3.05) is 13.1 Å². The summed E-state index contributed by atoms with van der Waals surface area (Å²) in [6.07, 6.45) is 6.27. The topological polar surface area (TPSA) is 32.3 Å². The van der Waals surface area contributed by atoms with Gasteiger partial charge in [0.05, 0.1) is 5.60 Å². The smallest absolute Gasteiger partial charge is 0.0740 e. The van der Waals surface area contributed by atoms with Gasteiger partial charge in [0, 0.05) is 6.54 Å². The second-order valence-corrected chi connectivity index (χ2v) is 7.57. The Kier molecular flexibility index (Phi) is 5.67. The summed E-state index contributed by atoms with van der Waals surface area (Å²) < 4.78 is 0. The largest absolute Gasteiger partial charge is 0.389 e. The van der Waals surface area contributed by atoms with Crippen LogP contribution in [0, 0.1) is 17.3 Å². The summed E-state index contributed by atoms with van der Waals surface area (Å²) in [5.41, 5.74) is -0.0626. The minimum atomic E-state index is -0.539. The van der Waals surface area contributed by atoms with Crippen molar-refractivity contribution in [3.63, 3.8) is 0 Å². The molecule has 0 heterocycles. The summed E-state index contributed by atoms with van der Waals surface area (Å²) in [7, 11) is 0. The van der Waals surface area contributed by atoms with Gasteiger partial charge in [-0.3, -0.25) is 0 Å². The fourth-order valence-corrected chi connectivity index (χ4v) is 2.90. The van der Waals surface area contributed by atoms with E-state index in [4.69, 9.17) is 0 Å². The van der Waals surface area contributed by atoms with E-state index < -0.39 is 5.60 Å².